The number of hydrogen-bond acceptors (Lipinski definition) is 3. The third-order valence-corrected chi connectivity index (χ3v) is 3.45. The number of aliphatic carboxylic acids is 1. The number of carboxylic acid groups (broad SMARTS) is 1. The topological polar surface area (TPSA) is 53.7 Å². The zero-order chi connectivity index (χ0) is 13.7. The number of carbonyl (C=O) groups is 1. The normalized spacial score (nSPS) is 10.4. The first kappa shape index (κ1) is 13.7. The van der Waals surface area contributed by atoms with Crippen molar-refractivity contribution in [2.24, 2.45) is 0 Å². The van der Waals surface area contributed by atoms with E-state index in [4.69, 9.17) is 9.52 Å². The summed E-state index contributed by atoms with van der Waals surface area (Å²) in [5.74, 6) is -0.0197. The predicted octanol–water partition coefficient (Wildman–Crippen LogP) is 3.52. The van der Waals surface area contributed by atoms with Gasteiger partial charge in [0.15, 0.2) is 0 Å². The van der Waals surface area contributed by atoms with Crippen LogP contribution in [0.1, 0.15) is 12.2 Å². The molecule has 1 N–H and O–H groups in total. The van der Waals surface area contributed by atoms with Crippen LogP contribution in [0, 0.1) is 0 Å². The molecule has 100 valence electrons. The molecular formula is C14H14BrNO3. The molecule has 0 aliphatic carbocycles. The Morgan fingerprint density at radius 2 is 2.00 bits per heavy atom. The molecule has 0 aliphatic heterocycles. The molecule has 19 heavy (non-hydrogen) atoms. The number of para-hydroxylation sites is 1. The summed E-state index contributed by atoms with van der Waals surface area (Å²) in [5, 5.41) is 8.83. The molecule has 4 nitrogen and oxygen atoms in total. The number of rotatable bonds is 6. The van der Waals surface area contributed by atoms with Gasteiger partial charge in [-0.3, -0.25) is 4.79 Å². The second-order valence-corrected chi connectivity index (χ2v) is 4.95. The van der Waals surface area contributed by atoms with Gasteiger partial charge in [-0.15, -0.1) is 0 Å². The fourth-order valence-electron chi connectivity index (χ4n) is 1.78. The number of furan rings is 1. The maximum absolute atomic E-state index is 10.7. The number of carboxylic acids is 1. The van der Waals surface area contributed by atoms with Crippen LogP contribution in [0.4, 0.5) is 5.69 Å². The van der Waals surface area contributed by atoms with E-state index < -0.39 is 5.97 Å². The molecule has 0 fully saturated rings. The first-order chi connectivity index (χ1) is 9.16. The number of benzene rings is 1. The van der Waals surface area contributed by atoms with Gasteiger partial charge in [0.05, 0.1) is 23.7 Å². The zero-order valence-electron chi connectivity index (χ0n) is 10.3. The van der Waals surface area contributed by atoms with Gasteiger partial charge >= 0.3 is 5.97 Å². The van der Waals surface area contributed by atoms with E-state index in [1.54, 1.807) is 6.26 Å². The molecule has 1 aromatic carbocycles. The molecule has 1 aromatic heterocycles. The highest BCUT2D eigenvalue weighted by atomic mass is 79.9. The Labute approximate surface area is 119 Å². The summed E-state index contributed by atoms with van der Waals surface area (Å²) in [7, 11) is 0. The first-order valence-electron chi connectivity index (χ1n) is 5.90. The van der Waals surface area contributed by atoms with Crippen molar-refractivity contribution in [3.8, 4) is 0 Å². The van der Waals surface area contributed by atoms with Gasteiger partial charge < -0.3 is 14.4 Å². The van der Waals surface area contributed by atoms with Crippen LogP contribution in [0.5, 0.6) is 0 Å². The molecule has 2 aromatic rings. The lowest BCUT2D eigenvalue weighted by atomic mass is 10.2. The van der Waals surface area contributed by atoms with Crippen LogP contribution in [0.3, 0.4) is 0 Å². The fraction of sp³-hybridized carbons (Fsp3) is 0.214. The SMILES string of the molecule is O=C(O)CCN(Cc1occc1Br)c1ccccc1. The van der Waals surface area contributed by atoms with Gasteiger partial charge in [-0.05, 0) is 34.1 Å². The van der Waals surface area contributed by atoms with Crippen LogP contribution >= 0.6 is 15.9 Å². The lowest BCUT2D eigenvalue weighted by molar-refractivity contribution is -0.136. The molecule has 0 atom stereocenters. The van der Waals surface area contributed by atoms with E-state index in [1.165, 1.54) is 0 Å². The summed E-state index contributed by atoms with van der Waals surface area (Å²) >= 11 is 3.41. The number of hydrogen-bond donors (Lipinski definition) is 1. The Balaban J connectivity index is 2.15. The van der Waals surface area contributed by atoms with Gasteiger partial charge in [0.2, 0.25) is 0 Å². The Bertz CT molecular complexity index is 539. The van der Waals surface area contributed by atoms with Crippen molar-refractivity contribution in [1.29, 1.82) is 0 Å². The fourth-order valence-corrected chi connectivity index (χ4v) is 2.11. The highest BCUT2D eigenvalue weighted by Crippen LogP contribution is 2.23. The molecule has 0 saturated carbocycles. The van der Waals surface area contributed by atoms with Crippen LogP contribution < -0.4 is 4.90 Å². The van der Waals surface area contributed by atoms with Crippen LogP contribution in [0.15, 0.2) is 51.6 Å². The number of anilines is 1. The predicted molar refractivity (Wildman–Crippen MR) is 76.2 cm³/mol. The lowest BCUT2D eigenvalue weighted by Crippen LogP contribution is -2.25. The van der Waals surface area contributed by atoms with Crippen molar-refractivity contribution in [2.45, 2.75) is 13.0 Å². The second kappa shape index (κ2) is 6.43. The van der Waals surface area contributed by atoms with E-state index in [-0.39, 0.29) is 6.42 Å². The van der Waals surface area contributed by atoms with E-state index in [9.17, 15) is 4.79 Å². The van der Waals surface area contributed by atoms with Gasteiger partial charge in [0, 0.05) is 12.2 Å². The Hall–Kier alpha value is -1.75. The van der Waals surface area contributed by atoms with E-state index in [0.29, 0.717) is 13.1 Å². The summed E-state index contributed by atoms with van der Waals surface area (Å²) in [5.41, 5.74) is 0.979. The molecule has 2 rings (SSSR count). The van der Waals surface area contributed by atoms with Crippen molar-refractivity contribution in [2.75, 3.05) is 11.4 Å². The van der Waals surface area contributed by atoms with Gasteiger partial charge in [-0.25, -0.2) is 0 Å². The summed E-state index contributed by atoms with van der Waals surface area (Å²) in [4.78, 5) is 12.7. The Morgan fingerprint density at radius 3 is 2.58 bits per heavy atom. The standard InChI is InChI=1S/C14H14BrNO3/c15-12-7-9-19-13(12)10-16(8-6-14(17)18)11-4-2-1-3-5-11/h1-5,7,9H,6,8,10H2,(H,17,18). The smallest absolute Gasteiger partial charge is 0.305 e. The molecule has 0 bridgehead atoms. The summed E-state index contributed by atoms with van der Waals surface area (Å²) in [6.07, 6.45) is 1.70. The van der Waals surface area contributed by atoms with E-state index >= 15 is 0 Å². The highest BCUT2D eigenvalue weighted by molar-refractivity contribution is 9.10. The average molecular weight is 324 g/mol. The summed E-state index contributed by atoms with van der Waals surface area (Å²) in [6.45, 7) is 0.970. The van der Waals surface area contributed by atoms with Crippen molar-refractivity contribution in [3.05, 3.63) is 52.9 Å². The lowest BCUT2D eigenvalue weighted by Gasteiger charge is -2.23. The minimum Gasteiger partial charge on any atom is -0.481 e. The Morgan fingerprint density at radius 1 is 1.26 bits per heavy atom. The van der Waals surface area contributed by atoms with Crippen LogP contribution in [0.25, 0.3) is 0 Å². The van der Waals surface area contributed by atoms with Crippen LogP contribution in [-0.4, -0.2) is 17.6 Å². The largest absolute Gasteiger partial charge is 0.481 e. The average Bonchev–Trinajstić information content (AvgIpc) is 2.81. The second-order valence-electron chi connectivity index (χ2n) is 4.09. The summed E-state index contributed by atoms with van der Waals surface area (Å²) in [6, 6.07) is 11.5. The van der Waals surface area contributed by atoms with E-state index in [0.717, 1.165) is 15.9 Å². The van der Waals surface area contributed by atoms with Gasteiger partial charge in [0.1, 0.15) is 5.76 Å². The molecule has 0 aliphatic rings. The third-order valence-electron chi connectivity index (χ3n) is 2.74. The third kappa shape index (κ3) is 3.86. The van der Waals surface area contributed by atoms with E-state index in [1.807, 2.05) is 41.3 Å². The minimum absolute atomic E-state index is 0.0905. The van der Waals surface area contributed by atoms with E-state index in [2.05, 4.69) is 15.9 Å². The quantitative estimate of drug-likeness (QED) is 0.883. The minimum atomic E-state index is -0.806. The molecule has 0 unspecified atom stereocenters. The van der Waals surface area contributed by atoms with Gasteiger partial charge in [0.25, 0.3) is 0 Å². The van der Waals surface area contributed by atoms with Crippen molar-refractivity contribution in [1.82, 2.24) is 0 Å². The summed E-state index contributed by atoms with van der Waals surface area (Å²) < 4.78 is 6.28. The Kier molecular flexibility index (Phi) is 4.63. The van der Waals surface area contributed by atoms with Gasteiger partial charge in [-0.2, -0.15) is 0 Å². The molecule has 0 amide bonds. The molecule has 0 saturated heterocycles. The van der Waals surface area contributed by atoms with Crippen LogP contribution in [-0.2, 0) is 11.3 Å². The highest BCUT2D eigenvalue weighted by Gasteiger charge is 2.13. The number of halogens is 1. The molecule has 1 heterocycles. The molecule has 0 radical (unpaired) electrons. The molecule has 5 heteroatoms. The zero-order valence-corrected chi connectivity index (χ0v) is 11.8. The van der Waals surface area contributed by atoms with Crippen molar-refractivity contribution >= 4 is 27.6 Å². The van der Waals surface area contributed by atoms with Crippen molar-refractivity contribution < 1.29 is 14.3 Å². The van der Waals surface area contributed by atoms with Crippen LogP contribution in [0.2, 0.25) is 0 Å². The first-order valence-corrected chi connectivity index (χ1v) is 6.70. The van der Waals surface area contributed by atoms with Gasteiger partial charge in [-0.1, -0.05) is 18.2 Å². The molecule has 0 spiro atoms. The maximum Gasteiger partial charge on any atom is 0.305 e. The monoisotopic (exact) mass is 323 g/mol. The number of nitrogens with zero attached hydrogens (tertiary/aromatic N) is 1. The maximum atomic E-state index is 10.7. The molecular weight excluding hydrogens is 310 g/mol. The van der Waals surface area contributed by atoms with Crippen molar-refractivity contribution in [3.63, 3.8) is 0 Å².